The van der Waals surface area contributed by atoms with E-state index in [1.54, 1.807) is 0 Å². The summed E-state index contributed by atoms with van der Waals surface area (Å²) in [6, 6.07) is 5.06. The topological polar surface area (TPSA) is 21.3 Å². The Balaban J connectivity index is 1.72. The molecule has 18 heavy (non-hydrogen) atoms. The van der Waals surface area contributed by atoms with Gasteiger partial charge in [-0.25, -0.2) is 0 Å². The number of benzene rings is 1. The van der Waals surface area contributed by atoms with E-state index >= 15 is 0 Å². The lowest BCUT2D eigenvalue weighted by atomic mass is 10.1. The van der Waals surface area contributed by atoms with Crippen molar-refractivity contribution in [2.75, 3.05) is 6.61 Å². The summed E-state index contributed by atoms with van der Waals surface area (Å²) >= 11 is 3.58. The molecule has 1 aromatic rings. The van der Waals surface area contributed by atoms with Crippen molar-refractivity contribution in [1.82, 2.24) is 5.32 Å². The summed E-state index contributed by atoms with van der Waals surface area (Å²) in [7, 11) is 0. The molecule has 2 nitrogen and oxygen atoms in total. The fraction of sp³-hybridized carbons (Fsp3) is 0.600. The molecule has 1 N–H and O–H groups in total. The van der Waals surface area contributed by atoms with Crippen LogP contribution < -0.4 is 10.1 Å². The van der Waals surface area contributed by atoms with Crippen LogP contribution in [0.1, 0.15) is 36.8 Å². The summed E-state index contributed by atoms with van der Waals surface area (Å²) in [6.45, 7) is 3.94. The summed E-state index contributed by atoms with van der Waals surface area (Å²) in [6.07, 6.45) is 5.33. The van der Waals surface area contributed by atoms with Gasteiger partial charge in [0.25, 0.3) is 0 Å². The monoisotopic (exact) mass is 309 g/mol. The first-order valence-electron chi connectivity index (χ1n) is 6.87. The lowest BCUT2D eigenvalue weighted by Crippen LogP contribution is -2.16. The second kappa shape index (κ2) is 5.22. The minimum absolute atomic E-state index is 0.737. The van der Waals surface area contributed by atoms with Gasteiger partial charge in [0.15, 0.2) is 0 Å². The van der Waals surface area contributed by atoms with Gasteiger partial charge in [0.1, 0.15) is 5.75 Å². The number of hydrogen-bond donors (Lipinski definition) is 1. The largest absolute Gasteiger partial charge is 0.493 e. The van der Waals surface area contributed by atoms with Crippen molar-refractivity contribution >= 4 is 15.9 Å². The molecule has 0 unspecified atom stereocenters. The number of rotatable bonds is 6. The van der Waals surface area contributed by atoms with Gasteiger partial charge >= 0.3 is 0 Å². The Labute approximate surface area is 117 Å². The zero-order chi connectivity index (χ0) is 12.5. The first kappa shape index (κ1) is 12.5. The number of aryl methyl sites for hydroxylation is 1. The number of halogens is 1. The van der Waals surface area contributed by atoms with E-state index in [0.29, 0.717) is 0 Å². The van der Waals surface area contributed by atoms with Crippen LogP contribution in [0.2, 0.25) is 0 Å². The van der Waals surface area contributed by atoms with Crippen LogP contribution in [0.25, 0.3) is 0 Å². The average Bonchev–Trinajstić information content (AvgIpc) is 3.19. The minimum Gasteiger partial charge on any atom is -0.493 e. The van der Waals surface area contributed by atoms with Crippen LogP contribution in [0.3, 0.4) is 0 Å². The van der Waals surface area contributed by atoms with E-state index in [0.717, 1.165) is 35.3 Å². The lowest BCUT2D eigenvalue weighted by molar-refractivity contribution is 0.294. The van der Waals surface area contributed by atoms with Gasteiger partial charge in [-0.15, -0.1) is 0 Å². The van der Waals surface area contributed by atoms with Crippen LogP contribution in [-0.4, -0.2) is 12.6 Å². The molecule has 0 amide bonds. The Morgan fingerprint density at radius 1 is 1.28 bits per heavy atom. The van der Waals surface area contributed by atoms with Gasteiger partial charge < -0.3 is 10.1 Å². The molecule has 0 spiro atoms. The number of hydrogen-bond acceptors (Lipinski definition) is 2. The average molecular weight is 310 g/mol. The Kier molecular flexibility index (Phi) is 3.62. The van der Waals surface area contributed by atoms with Crippen LogP contribution in [0.4, 0.5) is 0 Å². The lowest BCUT2D eigenvalue weighted by Gasteiger charge is -2.15. The summed E-state index contributed by atoms with van der Waals surface area (Å²) in [5.74, 6) is 1.90. The highest BCUT2D eigenvalue weighted by molar-refractivity contribution is 9.10. The highest BCUT2D eigenvalue weighted by atomic mass is 79.9. The summed E-state index contributed by atoms with van der Waals surface area (Å²) in [4.78, 5) is 0. The summed E-state index contributed by atoms with van der Waals surface area (Å²) in [5.41, 5.74) is 2.52. The van der Waals surface area contributed by atoms with Crippen molar-refractivity contribution in [3.05, 3.63) is 27.7 Å². The summed E-state index contributed by atoms with van der Waals surface area (Å²) < 4.78 is 7.18. The molecule has 2 fully saturated rings. The molecule has 0 heterocycles. The van der Waals surface area contributed by atoms with E-state index in [2.05, 4.69) is 40.3 Å². The van der Waals surface area contributed by atoms with Gasteiger partial charge in [-0.05, 0) is 56.2 Å². The molecule has 0 atom stereocenters. The third-order valence-corrected chi connectivity index (χ3v) is 4.09. The van der Waals surface area contributed by atoms with Crippen molar-refractivity contribution in [3.63, 3.8) is 0 Å². The third kappa shape index (κ3) is 3.27. The second-order valence-corrected chi connectivity index (χ2v) is 6.54. The first-order valence-corrected chi connectivity index (χ1v) is 7.67. The fourth-order valence-corrected chi connectivity index (χ4v) is 2.78. The molecule has 0 aromatic heterocycles. The molecule has 0 aliphatic heterocycles. The molecular weight excluding hydrogens is 290 g/mol. The maximum Gasteiger partial charge on any atom is 0.126 e. The van der Waals surface area contributed by atoms with E-state index < -0.39 is 0 Å². The van der Waals surface area contributed by atoms with Gasteiger partial charge in [0.2, 0.25) is 0 Å². The third-order valence-electron chi connectivity index (χ3n) is 3.64. The summed E-state index contributed by atoms with van der Waals surface area (Å²) in [5, 5.41) is 3.57. The van der Waals surface area contributed by atoms with Crippen molar-refractivity contribution in [2.24, 2.45) is 5.92 Å². The molecule has 0 bridgehead atoms. The standard InChI is InChI=1S/C15H20BrNO/c1-10-6-13(16)7-12(8-17-14-4-5-14)15(10)18-9-11-2-3-11/h6-7,11,14,17H,2-5,8-9H2,1H3. The van der Waals surface area contributed by atoms with Gasteiger partial charge in [0, 0.05) is 22.6 Å². The zero-order valence-corrected chi connectivity index (χ0v) is 12.4. The molecule has 0 radical (unpaired) electrons. The number of ether oxygens (including phenoxy) is 1. The predicted octanol–water partition coefficient (Wildman–Crippen LogP) is 3.80. The molecule has 98 valence electrons. The fourth-order valence-electron chi connectivity index (χ4n) is 2.16. The Hall–Kier alpha value is -0.540. The van der Waals surface area contributed by atoms with Crippen LogP contribution in [-0.2, 0) is 6.54 Å². The molecule has 3 rings (SSSR count). The minimum atomic E-state index is 0.737. The van der Waals surface area contributed by atoms with E-state index in [1.165, 1.54) is 36.8 Å². The maximum absolute atomic E-state index is 6.04. The molecule has 2 saturated carbocycles. The number of nitrogens with one attached hydrogen (secondary N) is 1. The van der Waals surface area contributed by atoms with Crippen LogP contribution in [0, 0.1) is 12.8 Å². The van der Waals surface area contributed by atoms with E-state index in [4.69, 9.17) is 4.74 Å². The van der Waals surface area contributed by atoms with Gasteiger partial charge in [-0.2, -0.15) is 0 Å². The molecular formula is C15H20BrNO. The van der Waals surface area contributed by atoms with Crippen molar-refractivity contribution in [2.45, 2.75) is 45.2 Å². The van der Waals surface area contributed by atoms with Crippen molar-refractivity contribution < 1.29 is 4.74 Å². The van der Waals surface area contributed by atoms with Crippen molar-refractivity contribution in [1.29, 1.82) is 0 Å². The van der Waals surface area contributed by atoms with Crippen LogP contribution in [0.5, 0.6) is 5.75 Å². The quantitative estimate of drug-likeness (QED) is 0.863. The zero-order valence-electron chi connectivity index (χ0n) is 10.8. The van der Waals surface area contributed by atoms with Crippen molar-refractivity contribution in [3.8, 4) is 5.75 Å². The molecule has 1 aromatic carbocycles. The van der Waals surface area contributed by atoms with Crippen LogP contribution in [0.15, 0.2) is 16.6 Å². The van der Waals surface area contributed by atoms with Gasteiger partial charge in [0.05, 0.1) is 6.61 Å². The molecule has 2 aliphatic carbocycles. The Bertz CT molecular complexity index is 438. The molecule has 0 saturated heterocycles. The van der Waals surface area contributed by atoms with E-state index in [-0.39, 0.29) is 0 Å². The first-order chi connectivity index (χ1) is 8.72. The van der Waals surface area contributed by atoms with Gasteiger partial charge in [-0.3, -0.25) is 0 Å². The Morgan fingerprint density at radius 2 is 2.06 bits per heavy atom. The van der Waals surface area contributed by atoms with E-state index in [9.17, 15) is 0 Å². The van der Waals surface area contributed by atoms with Crippen LogP contribution >= 0.6 is 15.9 Å². The molecule has 2 aliphatic rings. The second-order valence-electron chi connectivity index (χ2n) is 5.62. The van der Waals surface area contributed by atoms with E-state index in [1.807, 2.05) is 0 Å². The predicted molar refractivity (Wildman–Crippen MR) is 77.0 cm³/mol. The highest BCUT2D eigenvalue weighted by Crippen LogP contribution is 2.33. The molecule has 3 heteroatoms. The normalized spacial score (nSPS) is 19.0. The smallest absolute Gasteiger partial charge is 0.126 e. The van der Waals surface area contributed by atoms with Gasteiger partial charge in [-0.1, -0.05) is 15.9 Å². The SMILES string of the molecule is Cc1cc(Br)cc(CNC2CC2)c1OCC1CC1. The highest BCUT2D eigenvalue weighted by Gasteiger charge is 2.24. The maximum atomic E-state index is 6.04. The Morgan fingerprint density at radius 3 is 2.72 bits per heavy atom.